The minimum absolute atomic E-state index is 0.0716. The second-order valence-electron chi connectivity index (χ2n) is 9.94. The van der Waals surface area contributed by atoms with E-state index >= 15 is 0 Å². The van der Waals surface area contributed by atoms with E-state index in [2.05, 4.69) is 15.0 Å². The molecule has 0 fully saturated rings. The van der Waals surface area contributed by atoms with Crippen LogP contribution >= 0.6 is 22.9 Å². The number of amides is 1. The van der Waals surface area contributed by atoms with Gasteiger partial charge in [0.2, 0.25) is 5.96 Å². The van der Waals surface area contributed by atoms with Gasteiger partial charge in [-0.05, 0) is 90.4 Å². The molecule has 4 aromatic rings. The van der Waals surface area contributed by atoms with Gasteiger partial charge in [0.25, 0.3) is 10.0 Å². The van der Waals surface area contributed by atoms with Crippen molar-refractivity contribution in [3.63, 3.8) is 0 Å². The Bertz CT molecular complexity index is 1630. The molecule has 0 saturated carbocycles. The van der Waals surface area contributed by atoms with E-state index in [9.17, 15) is 13.2 Å². The highest BCUT2D eigenvalue weighted by molar-refractivity contribution is 7.92. The summed E-state index contributed by atoms with van der Waals surface area (Å²) in [6, 6.07) is 24.2. The van der Waals surface area contributed by atoms with Crippen LogP contribution in [-0.4, -0.2) is 33.2 Å². The van der Waals surface area contributed by atoms with Gasteiger partial charge >= 0.3 is 6.09 Å². The zero-order valence-electron chi connectivity index (χ0n) is 23.0. The Labute approximate surface area is 249 Å². The number of benzene rings is 3. The minimum atomic E-state index is -3.97. The van der Waals surface area contributed by atoms with E-state index in [1.807, 2.05) is 66.7 Å². The number of carbonyl (C=O) groups is 1. The van der Waals surface area contributed by atoms with Crippen molar-refractivity contribution in [1.82, 2.24) is 10.0 Å². The number of rotatable bonds is 7. The number of hydrogen-bond acceptors (Lipinski definition) is 7. The number of hydrogen-bond donors (Lipinski definition) is 2. The van der Waals surface area contributed by atoms with Gasteiger partial charge in [-0.3, -0.25) is 5.32 Å². The van der Waals surface area contributed by atoms with Crippen LogP contribution in [0.2, 0.25) is 5.02 Å². The molecule has 8 nitrogen and oxygen atoms in total. The number of alkyl carbamates (subject to hydrolysis) is 1. The summed E-state index contributed by atoms with van der Waals surface area (Å²) in [5.74, 6) is 0.485. The lowest BCUT2D eigenvalue weighted by Crippen LogP contribution is -2.45. The lowest BCUT2D eigenvalue weighted by Gasteiger charge is -2.20. The predicted octanol–water partition coefficient (Wildman–Crippen LogP) is 7.10. The largest absolute Gasteiger partial charge is 0.497 e. The molecule has 3 aromatic carbocycles. The molecular weight excluding hydrogens is 582 g/mol. The number of ether oxygens (including phenoxy) is 2. The second kappa shape index (κ2) is 12.8. The molecular formula is C30H30ClN3O5S2. The number of sulfonamides is 1. The Morgan fingerprint density at radius 3 is 2.22 bits per heavy atom. The van der Waals surface area contributed by atoms with Gasteiger partial charge in [0.15, 0.2) is 0 Å². The zero-order chi connectivity index (χ0) is 29.6. The van der Waals surface area contributed by atoms with Crippen LogP contribution < -0.4 is 14.8 Å². The first kappa shape index (κ1) is 30.1. The summed E-state index contributed by atoms with van der Waals surface area (Å²) in [5.41, 5.74) is 3.84. The normalized spacial score (nSPS) is 12.1. The Morgan fingerprint density at radius 2 is 1.61 bits per heavy atom. The van der Waals surface area contributed by atoms with Gasteiger partial charge < -0.3 is 9.47 Å². The van der Waals surface area contributed by atoms with E-state index in [1.165, 1.54) is 6.07 Å². The summed E-state index contributed by atoms with van der Waals surface area (Å²) in [6.45, 7) is 5.20. The van der Waals surface area contributed by atoms with Crippen LogP contribution in [0, 0.1) is 0 Å². The van der Waals surface area contributed by atoms with Gasteiger partial charge in [0.1, 0.15) is 15.6 Å². The molecule has 0 spiro atoms. The summed E-state index contributed by atoms with van der Waals surface area (Å²) in [4.78, 5) is 16.9. The molecule has 41 heavy (non-hydrogen) atoms. The summed E-state index contributed by atoms with van der Waals surface area (Å²) < 4.78 is 38.9. The topological polar surface area (TPSA) is 106 Å². The number of guanidine groups is 1. The van der Waals surface area contributed by atoms with Crippen LogP contribution in [0.15, 0.2) is 93.4 Å². The molecule has 0 unspecified atom stereocenters. The summed E-state index contributed by atoms with van der Waals surface area (Å²) in [5, 5.41) is 4.73. The first-order chi connectivity index (χ1) is 19.4. The molecule has 0 radical (unpaired) electrons. The van der Waals surface area contributed by atoms with Crippen molar-refractivity contribution in [2.24, 2.45) is 4.99 Å². The fraction of sp³-hybridized carbons (Fsp3) is 0.200. The minimum Gasteiger partial charge on any atom is -0.497 e. The van der Waals surface area contributed by atoms with Crippen molar-refractivity contribution >= 4 is 45.0 Å². The first-order valence-electron chi connectivity index (χ1n) is 12.6. The third-order valence-electron chi connectivity index (χ3n) is 5.67. The van der Waals surface area contributed by atoms with E-state index in [-0.39, 0.29) is 16.7 Å². The quantitative estimate of drug-likeness (QED) is 0.171. The first-order valence-corrected chi connectivity index (χ1v) is 15.3. The molecule has 11 heteroatoms. The average molecular weight is 612 g/mol. The molecule has 0 atom stereocenters. The Balaban J connectivity index is 1.70. The number of halogens is 1. The van der Waals surface area contributed by atoms with Crippen LogP contribution in [0.1, 0.15) is 26.3 Å². The SMILES string of the molecule is COc1ccc(-c2cc(CN=C(NC(=O)OC(C)(C)C)NS(=O)(=O)c3cccs3)ccc2-c2ccc(Cl)cc2)cc1. The molecule has 0 aliphatic heterocycles. The van der Waals surface area contributed by atoms with Crippen LogP contribution in [0.5, 0.6) is 5.75 Å². The van der Waals surface area contributed by atoms with Gasteiger partial charge in [-0.1, -0.05) is 54.1 Å². The van der Waals surface area contributed by atoms with E-state index in [1.54, 1.807) is 39.3 Å². The Kier molecular flexibility index (Phi) is 9.37. The zero-order valence-corrected chi connectivity index (χ0v) is 25.4. The predicted molar refractivity (Wildman–Crippen MR) is 164 cm³/mol. The van der Waals surface area contributed by atoms with Crippen molar-refractivity contribution in [2.75, 3.05) is 7.11 Å². The Morgan fingerprint density at radius 1 is 0.951 bits per heavy atom. The molecule has 1 amide bonds. The number of methoxy groups -OCH3 is 1. The van der Waals surface area contributed by atoms with Crippen LogP contribution in [0.4, 0.5) is 4.79 Å². The fourth-order valence-corrected chi connectivity index (χ4v) is 5.94. The van der Waals surface area contributed by atoms with Gasteiger partial charge in [0, 0.05) is 5.02 Å². The van der Waals surface area contributed by atoms with Gasteiger partial charge in [0.05, 0.1) is 13.7 Å². The lowest BCUT2D eigenvalue weighted by molar-refractivity contribution is 0.0562. The average Bonchev–Trinajstić information content (AvgIpc) is 3.47. The highest BCUT2D eigenvalue weighted by Crippen LogP contribution is 2.34. The molecule has 0 saturated heterocycles. The molecule has 0 aliphatic rings. The molecule has 214 valence electrons. The molecule has 2 N–H and O–H groups in total. The summed E-state index contributed by atoms with van der Waals surface area (Å²) >= 11 is 7.17. The Hall–Kier alpha value is -3.86. The number of thiophene rings is 1. The van der Waals surface area contributed by atoms with Crippen molar-refractivity contribution in [3.8, 4) is 28.0 Å². The maximum absolute atomic E-state index is 12.9. The van der Waals surface area contributed by atoms with Crippen LogP contribution in [0.3, 0.4) is 0 Å². The highest BCUT2D eigenvalue weighted by atomic mass is 35.5. The van der Waals surface area contributed by atoms with Crippen molar-refractivity contribution in [2.45, 2.75) is 37.1 Å². The number of nitrogens with one attached hydrogen (secondary N) is 2. The van der Waals surface area contributed by atoms with E-state index < -0.39 is 21.7 Å². The van der Waals surface area contributed by atoms with E-state index in [4.69, 9.17) is 21.1 Å². The maximum atomic E-state index is 12.9. The van der Waals surface area contributed by atoms with Crippen molar-refractivity contribution < 1.29 is 22.7 Å². The molecule has 4 rings (SSSR count). The standard InChI is InChI=1S/C30H30ClN3O5S2/c1-30(2,3)39-29(35)33-28(34-41(36,37)27-6-5-17-40-27)32-19-20-7-16-25(21-8-12-23(31)13-9-21)26(18-20)22-10-14-24(38-4)15-11-22/h5-18H,19H2,1-4H3,(H2,32,33,34,35). The number of aliphatic imine (C=N–C) groups is 1. The third kappa shape index (κ3) is 8.32. The summed E-state index contributed by atoms with van der Waals surface area (Å²) in [7, 11) is -2.36. The number of nitrogens with zero attached hydrogens (tertiary/aromatic N) is 1. The van der Waals surface area contributed by atoms with Gasteiger partial charge in [-0.15, -0.1) is 11.3 Å². The second-order valence-corrected chi connectivity index (χ2v) is 13.2. The monoisotopic (exact) mass is 611 g/mol. The van der Waals surface area contributed by atoms with Crippen molar-refractivity contribution in [3.05, 3.63) is 94.8 Å². The fourth-order valence-electron chi connectivity index (χ4n) is 3.84. The highest BCUT2D eigenvalue weighted by Gasteiger charge is 2.22. The molecule has 1 aromatic heterocycles. The maximum Gasteiger partial charge on any atom is 0.414 e. The molecule has 1 heterocycles. The van der Waals surface area contributed by atoms with Crippen molar-refractivity contribution in [1.29, 1.82) is 0 Å². The van der Waals surface area contributed by atoms with E-state index in [0.29, 0.717) is 5.02 Å². The van der Waals surface area contributed by atoms with E-state index in [0.717, 1.165) is 44.9 Å². The smallest absolute Gasteiger partial charge is 0.414 e. The van der Waals surface area contributed by atoms with Gasteiger partial charge in [-0.2, -0.15) is 0 Å². The third-order valence-corrected chi connectivity index (χ3v) is 8.66. The van der Waals surface area contributed by atoms with Crippen LogP contribution in [0.25, 0.3) is 22.3 Å². The summed E-state index contributed by atoms with van der Waals surface area (Å²) in [6.07, 6.45) is -0.831. The molecule has 0 aliphatic carbocycles. The van der Waals surface area contributed by atoms with Gasteiger partial charge in [-0.25, -0.2) is 22.9 Å². The molecule has 0 bridgehead atoms. The lowest BCUT2D eigenvalue weighted by atomic mass is 9.93. The number of carbonyl (C=O) groups excluding carboxylic acids is 1. The van der Waals surface area contributed by atoms with Crippen LogP contribution in [-0.2, 0) is 21.3 Å².